The van der Waals surface area contributed by atoms with Gasteiger partial charge in [0.05, 0.1) is 51.1 Å². The number of unbranched alkanes of at least 4 members (excludes halogenated alkanes) is 1. The van der Waals surface area contributed by atoms with Gasteiger partial charge in [0, 0.05) is 44.1 Å². The Morgan fingerprint density at radius 3 is 2.56 bits per heavy atom. The van der Waals surface area contributed by atoms with Crippen molar-refractivity contribution in [3.05, 3.63) is 68.5 Å². The van der Waals surface area contributed by atoms with Crippen molar-refractivity contribution in [1.82, 2.24) is 9.55 Å². The summed E-state index contributed by atoms with van der Waals surface area (Å²) in [5, 5.41) is 0.733. The van der Waals surface area contributed by atoms with Crippen LogP contribution in [0.25, 0.3) is 22.3 Å². The minimum atomic E-state index is -1.46. The van der Waals surface area contributed by atoms with Gasteiger partial charge < -0.3 is 28.3 Å². The Morgan fingerprint density at radius 2 is 1.78 bits per heavy atom. The molecule has 9 rings (SSSR count). The number of carbonyl (C=O) groups is 4. The number of fused-ring (bicyclic) bond motifs is 10. The highest BCUT2D eigenvalue weighted by Crippen LogP contribution is 2.67. The normalized spacial score (nSPS) is 28.9. The average Bonchev–Trinajstić information content (AvgIpc) is 3.85. The third-order valence-corrected chi connectivity index (χ3v) is 18.1. The molecule has 3 saturated carbocycles. The van der Waals surface area contributed by atoms with Crippen LogP contribution in [0.15, 0.2) is 40.7 Å². The third-order valence-electron chi connectivity index (χ3n) is 17.2. The number of carbonyl (C=O) groups excluding carboxylic acids is 4. The summed E-state index contributed by atoms with van der Waals surface area (Å²) in [6.45, 7) is 12.8. The van der Waals surface area contributed by atoms with Crippen LogP contribution in [0.2, 0.25) is 0 Å². The Bertz CT molecular complexity index is 2590. The number of aryl methyl sites for hydroxylation is 1. The lowest BCUT2D eigenvalue weighted by Crippen LogP contribution is -2.50. The molecule has 6 unspecified atom stereocenters. The first-order chi connectivity index (χ1) is 32.6. The lowest BCUT2D eigenvalue weighted by atomic mass is 9.47. The van der Waals surface area contributed by atoms with Gasteiger partial charge in [-0.3, -0.25) is 18.6 Å². The lowest BCUT2D eigenvalue weighted by Gasteiger charge is -2.58. The number of cyclic esters (lactones) is 1. The number of ether oxygens (including phenoxy) is 5. The Labute approximate surface area is 415 Å². The topological polar surface area (TPSA) is 159 Å². The Hall–Kier alpha value is -3.96. The van der Waals surface area contributed by atoms with Crippen molar-refractivity contribution in [3.63, 3.8) is 0 Å². The molecule has 0 saturated heterocycles. The molecule has 6 aliphatic rings. The van der Waals surface area contributed by atoms with Crippen LogP contribution < -0.4 is 10.3 Å². The van der Waals surface area contributed by atoms with E-state index in [4.69, 9.17) is 32.9 Å². The van der Waals surface area contributed by atoms with Crippen molar-refractivity contribution in [3.8, 4) is 17.1 Å². The second kappa shape index (κ2) is 19.7. The van der Waals surface area contributed by atoms with Crippen LogP contribution in [0.3, 0.4) is 0 Å². The fraction of sp³-hybridized carbons (Fsp3) is 0.623. The highest BCUT2D eigenvalue weighted by molar-refractivity contribution is 14.2. The number of aromatic nitrogens is 2. The number of esters is 3. The van der Waals surface area contributed by atoms with Crippen LogP contribution in [0.1, 0.15) is 154 Å². The third kappa shape index (κ3) is 9.02. The zero-order valence-corrected chi connectivity index (χ0v) is 43.2. The van der Waals surface area contributed by atoms with Crippen LogP contribution in [-0.4, -0.2) is 46.5 Å². The fourth-order valence-electron chi connectivity index (χ4n) is 13.5. The maximum absolute atomic E-state index is 13.8. The monoisotopic (exact) mass is 1060 g/mol. The summed E-state index contributed by atoms with van der Waals surface area (Å²) in [6.07, 6.45) is 16.1. The first-order valence-electron chi connectivity index (χ1n) is 24.8. The molecule has 366 valence electrons. The van der Waals surface area contributed by atoms with Gasteiger partial charge in [-0.15, -0.1) is 0 Å². The maximum Gasteiger partial charge on any atom is 0.516 e. The number of hydrogen-bond acceptors (Lipinski definition) is 13. The number of pyridine rings is 2. The molecule has 0 radical (unpaired) electrons. The molecule has 0 spiro atoms. The molecule has 0 bridgehead atoms. The van der Waals surface area contributed by atoms with Gasteiger partial charge in [-0.1, -0.05) is 65.5 Å². The molecule has 1 aromatic carbocycles. The van der Waals surface area contributed by atoms with Crippen molar-refractivity contribution in [2.45, 2.75) is 163 Å². The van der Waals surface area contributed by atoms with Gasteiger partial charge in [0.2, 0.25) is 12.4 Å². The molecule has 4 heterocycles. The number of rotatable bonds is 15. The molecule has 2 aliphatic heterocycles. The molecule has 8 atom stereocenters. The zero-order valence-electron chi connectivity index (χ0n) is 40.3. The van der Waals surface area contributed by atoms with Gasteiger partial charge in [0.15, 0.2) is 0 Å². The Morgan fingerprint density at radius 1 is 0.971 bits per heavy atom. The largest absolute Gasteiger partial charge is 0.516 e. The number of allylic oxidation sites excluding steroid dienone is 1. The van der Waals surface area contributed by atoms with Gasteiger partial charge in [-0.05, 0) is 135 Å². The van der Waals surface area contributed by atoms with E-state index >= 15 is 0 Å². The average molecular weight is 1070 g/mol. The summed E-state index contributed by atoms with van der Waals surface area (Å²) >= 11 is 1.93. The summed E-state index contributed by atoms with van der Waals surface area (Å²) in [6, 6.07) is 6.78. The number of hydrogen-bond donors (Lipinski definition) is 0. The quantitative estimate of drug-likeness (QED) is 0.0162. The standard InChI is InChI=1S/C53H65IN2O11S/c1-7-35-37-25-33(14-17-43(37)55-47-38(35)27-56-44(47)26-42-39(48(56)59)28-62-49(60)53(42,6)67-68-54)66-50(61)64-29-63-45(57)18-19-46(58)65-34-20-22-52(5)32(24-34)12-15-36-40-16-13-31(11-9-8-10-30(2)3)51(40,4)23-21-41(36)52/h12,14,17,25-26,30-31,34,36,40-41H,7-11,13,15-16,18-24,27-29H2,1-6H3/t31?,34?,36?,40?,41-,51?,52?,53-/m0/s1. The molecule has 0 N–H and O–H groups in total. The van der Waals surface area contributed by atoms with E-state index in [0.717, 1.165) is 75.1 Å². The molecular weight excluding hydrogens is 1000 g/mol. The lowest BCUT2D eigenvalue weighted by molar-refractivity contribution is -0.165. The number of benzene rings is 1. The second-order valence-electron chi connectivity index (χ2n) is 21.3. The highest BCUT2D eigenvalue weighted by atomic mass is 127. The minimum Gasteiger partial charge on any atom is -0.462 e. The molecule has 0 amide bonds. The molecule has 3 fully saturated rings. The van der Waals surface area contributed by atoms with Gasteiger partial charge in [0.1, 0.15) is 18.5 Å². The number of halogens is 1. The zero-order chi connectivity index (χ0) is 48.1. The van der Waals surface area contributed by atoms with Crippen molar-refractivity contribution in [1.29, 1.82) is 0 Å². The van der Waals surface area contributed by atoms with Gasteiger partial charge >= 0.3 is 24.1 Å². The second-order valence-corrected chi connectivity index (χ2v) is 22.6. The first kappa shape index (κ1) is 49.0. The molecule has 3 aromatic rings. The summed E-state index contributed by atoms with van der Waals surface area (Å²) in [4.78, 5) is 69.9. The predicted molar refractivity (Wildman–Crippen MR) is 265 cm³/mol. The van der Waals surface area contributed by atoms with Gasteiger partial charge in [-0.25, -0.2) is 14.6 Å². The molecule has 68 heavy (non-hydrogen) atoms. The van der Waals surface area contributed by atoms with Crippen molar-refractivity contribution in [2.24, 2.45) is 40.4 Å². The Kier molecular flexibility index (Phi) is 14.2. The van der Waals surface area contributed by atoms with Crippen molar-refractivity contribution < 1.29 is 47.0 Å². The maximum atomic E-state index is 13.8. The van der Waals surface area contributed by atoms with E-state index < -0.39 is 36.5 Å². The van der Waals surface area contributed by atoms with E-state index in [0.29, 0.717) is 45.8 Å². The molecular formula is C53H65IN2O11S. The van der Waals surface area contributed by atoms with Crippen LogP contribution in [0.4, 0.5) is 4.79 Å². The molecule has 4 aliphatic carbocycles. The van der Waals surface area contributed by atoms with Crippen LogP contribution in [0.5, 0.6) is 5.75 Å². The smallest absolute Gasteiger partial charge is 0.462 e. The first-order valence-corrected chi connectivity index (χ1v) is 28.1. The van der Waals surface area contributed by atoms with Crippen LogP contribution in [-0.2, 0) is 62.7 Å². The van der Waals surface area contributed by atoms with Crippen LogP contribution >= 0.6 is 30.4 Å². The molecule has 2 aromatic heterocycles. The molecule has 15 heteroatoms. The van der Waals surface area contributed by atoms with E-state index in [1.165, 1.54) is 56.9 Å². The highest BCUT2D eigenvalue weighted by Gasteiger charge is 2.58. The fourth-order valence-corrected chi connectivity index (χ4v) is 14.9. The van der Waals surface area contributed by atoms with E-state index in [-0.39, 0.29) is 48.8 Å². The minimum absolute atomic E-state index is 0.129. The summed E-state index contributed by atoms with van der Waals surface area (Å²) in [5.74, 6) is 2.40. The summed E-state index contributed by atoms with van der Waals surface area (Å²) in [5.41, 5.74) is 4.76. The van der Waals surface area contributed by atoms with E-state index in [1.54, 1.807) is 35.8 Å². The summed E-state index contributed by atoms with van der Waals surface area (Å²) < 4.78 is 34.3. The number of nitrogens with zero attached hydrogens (tertiary/aromatic N) is 2. The van der Waals surface area contributed by atoms with E-state index in [2.05, 4.69) is 33.8 Å². The van der Waals surface area contributed by atoms with E-state index in [9.17, 15) is 24.0 Å². The van der Waals surface area contributed by atoms with E-state index in [1.807, 2.05) is 28.1 Å². The van der Waals surface area contributed by atoms with Crippen molar-refractivity contribution in [2.75, 3.05) is 6.79 Å². The van der Waals surface area contributed by atoms with Gasteiger partial charge in [0.25, 0.3) is 5.56 Å². The predicted octanol–water partition coefficient (Wildman–Crippen LogP) is 11.8. The Balaban J connectivity index is 0.740. The SMILES string of the molecule is CCc1c2c(nc3ccc(OC(=O)OCOC(=O)CCC(=O)OC4CCC5(C)C(=CCC6C7CCC(CCCCC(C)C)C7(C)CC[C@@H]65)C4)cc13)-c1cc3c(c(=O)n1C2)COC(=O)[C@@]3(C)OSI. The van der Waals surface area contributed by atoms with Crippen molar-refractivity contribution >= 4 is 65.4 Å². The summed E-state index contributed by atoms with van der Waals surface area (Å²) in [7, 11) is 0.994. The molecule has 13 nitrogen and oxygen atoms in total. The van der Waals surface area contributed by atoms with Gasteiger partial charge in [-0.2, -0.15) is 0 Å². The van der Waals surface area contributed by atoms with Crippen LogP contribution in [0, 0.1) is 40.4 Å².